The van der Waals surface area contributed by atoms with Crippen molar-refractivity contribution < 1.29 is 38.1 Å². The van der Waals surface area contributed by atoms with Gasteiger partial charge in [-0.3, -0.25) is 10.1 Å². The van der Waals surface area contributed by atoms with E-state index < -0.39 is 17.8 Å². The summed E-state index contributed by atoms with van der Waals surface area (Å²) in [7, 11) is 2.95. The number of benzene rings is 1. The zero-order valence-corrected chi connectivity index (χ0v) is 14.7. The minimum absolute atomic E-state index is 0.0333. The number of aromatic hydroxyl groups is 1. The van der Waals surface area contributed by atoms with Crippen LogP contribution in [0, 0.1) is 0 Å². The summed E-state index contributed by atoms with van der Waals surface area (Å²) in [5.41, 5.74) is 0.408. The predicted molar refractivity (Wildman–Crippen MR) is 90.9 cm³/mol. The predicted octanol–water partition coefficient (Wildman–Crippen LogP) is 3.16. The van der Waals surface area contributed by atoms with Crippen molar-refractivity contribution in [2.24, 2.45) is 0 Å². The smallest absolute Gasteiger partial charge is 0.414 e. The van der Waals surface area contributed by atoms with Crippen LogP contribution in [-0.4, -0.2) is 38.0 Å². The molecule has 0 aliphatic heterocycles. The summed E-state index contributed by atoms with van der Waals surface area (Å²) < 4.78 is 25.6. The number of rotatable bonds is 6. The lowest BCUT2D eigenvalue weighted by atomic mass is 10.1. The first-order valence-corrected chi connectivity index (χ1v) is 7.61. The van der Waals surface area contributed by atoms with Crippen LogP contribution in [0.15, 0.2) is 22.6 Å². The molecule has 2 rings (SSSR count). The zero-order chi connectivity index (χ0) is 19.3. The Labute approximate surface area is 149 Å². The lowest BCUT2D eigenvalue weighted by Crippen LogP contribution is -2.14. The van der Waals surface area contributed by atoms with Crippen molar-refractivity contribution in [1.82, 2.24) is 0 Å². The third-order valence-electron chi connectivity index (χ3n) is 3.22. The van der Waals surface area contributed by atoms with Gasteiger partial charge in [-0.05, 0) is 25.1 Å². The van der Waals surface area contributed by atoms with Crippen molar-refractivity contribution in [3.63, 3.8) is 0 Å². The van der Waals surface area contributed by atoms with Gasteiger partial charge in [-0.15, -0.1) is 0 Å². The third kappa shape index (κ3) is 4.00. The first-order chi connectivity index (χ1) is 12.4. The van der Waals surface area contributed by atoms with Crippen LogP contribution in [0.5, 0.6) is 23.0 Å². The topological polar surface area (TPSA) is 116 Å². The maximum Gasteiger partial charge on any atom is 0.414 e. The lowest BCUT2D eigenvalue weighted by molar-refractivity contribution is -0.132. The Balaban J connectivity index is 2.50. The average molecular weight is 365 g/mol. The van der Waals surface area contributed by atoms with Crippen molar-refractivity contribution in [2.45, 2.75) is 13.8 Å². The minimum Gasteiger partial charge on any atom is -0.502 e. The molecule has 0 saturated heterocycles. The molecule has 2 aromatic rings. The summed E-state index contributed by atoms with van der Waals surface area (Å²) in [6.07, 6.45) is -0.825. The number of nitrogens with one attached hydrogen (secondary N) is 1. The Kier molecular flexibility index (Phi) is 5.94. The van der Waals surface area contributed by atoms with E-state index in [1.165, 1.54) is 14.2 Å². The van der Waals surface area contributed by atoms with Gasteiger partial charge >= 0.3 is 12.1 Å². The number of anilines is 1. The molecule has 0 bridgehead atoms. The highest BCUT2D eigenvalue weighted by Gasteiger charge is 2.26. The van der Waals surface area contributed by atoms with Crippen molar-refractivity contribution in [3.05, 3.63) is 18.2 Å². The van der Waals surface area contributed by atoms with Crippen LogP contribution in [0.25, 0.3) is 11.3 Å². The van der Waals surface area contributed by atoms with Gasteiger partial charge in [0.15, 0.2) is 17.3 Å². The highest BCUT2D eigenvalue weighted by atomic mass is 16.6. The van der Waals surface area contributed by atoms with Crippen LogP contribution >= 0.6 is 0 Å². The van der Waals surface area contributed by atoms with Crippen LogP contribution in [0.4, 0.5) is 10.7 Å². The second kappa shape index (κ2) is 8.15. The number of carbonyl (C=O) groups excluding carboxylic acids is 2. The van der Waals surface area contributed by atoms with Crippen LogP contribution in [-0.2, 0) is 9.53 Å². The molecule has 9 heteroatoms. The van der Waals surface area contributed by atoms with Crippen molar-refractivity contribution in [1.29, 1.82) is 0 Å². The third-order valence-corrected chi connectivity index (χ3v) is 3.22. The first-order valence-electron chi connectivity index (χ1n) is 7.61. The summed E-state index contributed by atoms with van der Waals surface area (Å²) in [5.74, 6) is -0.904. The van der Waals surface area contributed by atoms with Crippen LogP contribution in [0.1, 0.15) is 13.8 Å². The minimum atomic E-state index is -0.825. The molecule has 1 aromatic carbocycles. The fraction of sp³-hybridized carbons (Fsp3) is 0.294. The molecule has 1 amide bonds. The van der Waals surface area contributed by atoms with Crippen molar-refractivity contribution >= 4 is 17.9 Å². The molecule has 0 unspecified atom stereocenters. The molecule has 1 heterocycles. The summed E-state index contributed by atoms with van der Waals surface area (Å²) in [6, 6.07) is 4.77. The molecule has 0 spiro atoms. The molecule has 2 N–H and O–H groups in total. The monoisotopic (exact) mass is 365 g/mol. The standard InChI is InChI=1S/C17H19NO8/c1-5-24-17(21)18-16-15(25-9(2)19)13(20)14(26-16)10-6-7-11(22-3)12(8-10)23-4/h6-8,20H,5H2,1-4H3,(H,18,21). The van der Waals surface area contributed by atoms with Gasteiger partial charge < -0.3 is 28.5 Å². The largest absolute Gasteiger partial charge is 0.502 e. The molecule has 1 aromatic heterocycles. The Morgan fingerprint density at radius 3 is 2.46 bits per heavy atom. The number of amides is 1. The Morgan fingerprint density at radius 2 is 1.88 bits per heavy atom. The number of ether oxygens (including phenoxy) is 4. The number of furan rings is 1. The summed E-state index contributed by atoms with van der Waals surface area (Å²) in [4.78, 5) is 22.9. The van der Waals surface area contributed by atoms with Gasteiger partial charge in [-0.1, -0.05) is 0 Å². The van der Waals surface area contributed by atoms with Crippen LogP contribution < -0.4 is 19.5 Å². The normalized spacial score (nSPS) is 10.2. The molecule has 0 aliphatic rings. The first kappa shape index (κ1) is 19.0. The second-order valence-corrected chi connectivity index (χ2v) is 4.95. The van der Waals surface area contributed by atoms with Gasteiger partial charge in [0.05, 0.1) is 20.8 Å². The molecule has 0 fully saturated rings. The Hall–Kier alpha value is -3.36. The van der Waals surface area contributed by atoms with E-state index in [0.29, 0.717) is 17.1 Å². The molecule has 0 aliphatic carbocycles. The molecule has 0 saturated carbocycles. The van der Waals surface area contributed by atoms with E-state index in [9.17, 15) is 14.7 Å². The SMILES string of the molecule is CCOC(=O)Nc1oc(-c2ccc(OC)c(OC)c2)c(O)c1OC(C)=O. The van der Waals surface area contributed by atoms with Gasteiger partial charge in [-0.25, -0.2) is 4.79 Å². The van der Waals surface area contributed by atoms with Gasteiger partial charge in [-0.2, -0.15) is 0 Å². The van der Waals surface area contributed by atoms with Crippen molar-refractivity contribution in [2.75, 3.05) is 26.1 Å². The average Bonchev–Trinajstić information content (AvgIpc) is 2.90. The molecule has 26 heavy (non-hydrogen) atoms. The Bertz CT molecular complexity index is 811. The van der Waals surface area contributed by atoms with Gasteiger partial charge in [0, 0.05) is 12.5 Å². The number of esters is 1. The van der Waals surface area contributed by atoms with Gasteiger partial charge in [0.2, 0.25) is 11.5 Å². The van der Waals surface area contributed by atoms with Crippen LogP contribution in [0.3, 0.4) is 0 Å². The number of methoxy groups -OCH3 is 2. The highest BCUT2D eigenvalue weighted by molar-refractivity contribution is 5.89. The Morgan fingerprint density at radius 1 is 1.19 bits per heavy atom. The molecule has 9 nitrogen and oxygen atoms in total. The summed E-state index contributed by atoms with van der Waals surface area (Å²) in [6.45, 7) is 2.90. The fourth-order valence-corrected chi connectivity index (χ4v) is 2.16. The highest BCUT2D eigenvalue weighted by Crippen LogP contribution is 2.47. The lowest BCUT2D eigenvalue weighted by Gasteiger charge is -2.08. The van der Waals surface area contributed by atoms with E-state index in [4.69, 9.17) is 23.4 Å². The van der Waals surface area contributed by atoms with Gasteiger partial charge in [0.25, 0.3) is 5.88 Å². The molecule has 0 atom stereocenters. The maximum absolute atomic E-state index is 11.6. The van der Waals surface area contributed by atoms with E-state index in [1.54, 1.807) is 25.1 Å². The van der Waals surface area contributed by atoms with E-state index in [0.717, 1.165) is 6.92 Å². The zero-order valence-electron chi connectivity index (χ0n) is 14.7. The summed E-state index contributed by atoms with van der Waals surface area (Å²) in [5, 5.41) is 12.7. The molecular weight excluding hydrogens is 346 g/mol. The molecule has 0 radical (unpaired) electrons. The number of carbonyl (C=O) groups is 2. The van der Waals surface area contributed by atoms with Gasteiger partial charge in [0.1, 0.15) is 0 Å². The maximum atomic E-state index is 11.6. The quantitative estimate of drug-likeness (QED) is 0.750. The second-order valence-electron chi connectivity index (χ2n) is 4.95. The number of hydrogen-bond donors (Lipinski definition) is 2. The van der Waals surface area contributed by atoms with E-state index in [-0.39, 0.29) is 24.0 Å². The van der Waals surface area contributed by atoms with E-state index in [2.05, 4.69) is 5.32 Å². The van der Waals surface area contributed by atoms with Crippen LogP contribution in [0.2, 0.25) is 0 Å². The van der Waals surface area contributed by atoms with E-state index >= 15 is 0 Å². The fourth-order valence-electron chi connectivity index (χ4n) is 2.16. The summed E-state index contributed by atoms with van der Waals surface area (Å²) >= 11 is 0. The molecular formula is C17H19NO8. The van der Waals surface area contributed by atoms with E-state index in [1.807, 2.05) is 0 Å². The number of hydrogen-bond acceptors (Lipinski definition) is 8. The molecule has 140 valence electrons. The van der Waals surface area contributed by atoms with Crippen molar-refractivity contribution in [3.8, 4) is 34.3 Å².